The number of halogens is 1. The minimum Gasteiger partial charge on any atom is -0.358 e. The molecule has 0 bridgehead atoms. The monoisotopic (exact) mass is 261 g/mol. The quantitative estimate of drug-likeness (QED) is 0.858. The first kappa shape index (κ1) is 12.8. The molecule has 0 amide bonds. The lowest BCUT2D eigenvalue weighted by Crippen LogP contribution is -2.34. The molecule has 2 rings (SSSR count). The van der Waals surface area contributed by atoms with E-state index in [9.17, 15) is 0 Å². The highest BCUT2D eigenvalue weighted by molar-refractivity contribution is 6.18. The van der Waals surface area contributed by atoms with E-state index < -0.39 is 0 Å². The Morgan fingerprint density at radius 3 is 2.39 bits per heavy atom. The van der Waals surface area contributed by atoms with Gasteiger partial charge in [-0.1, -0.05) is 30.3 Å². The van der Waals surface area contributed by atoms with Gasteiger partial charge in [-0.25, -0.2) is 0 Å². The Hall–Kier alpha value is -1.61. The molecule has 4 heteroatoms. The van der Waals surface area contributed by atoms with Crippen LogP contribution in [-0.4, -0.2) is 16.1 Å². The SMILES string of the molecule is Cc1ccc(NC(C)(CCl)c2ccccc2)nn1. The smallest absolute Gasteiger partial charge is 0.149 e. The molecule has 1 heterocycles. The van der Waals surface area contributed by atoms with Gasteiger partial charge in [-0.15, -0.1) is 16.7 Å². The summed E-state index contributed by atoms with van der Waals surface area (Å²) >= 11 is 6.11. The number of benzene rings is 1. The van der Waals surface area contributed by atoms with Gasteiger partial charge >= 0.3 is 0 Å². The van der Waals surface area contributed by atoms with Crippen molar-refractivity contribution in [3.8, 4) is 0 Å². The highest BCUT2D eigenvalue weighted by Gasteiger charge is 2.25. The molecule has 1 aromatic carbocycles. The maximum absolute atomic E-state index is 6.11. The second-order valence-electron chi connectivity index (χ2n) is 4.52. The molecule has 0 aliphatic heterocycles. The van der Waals surface area contributed by atoms with E-state index in [1.54, 1.807) is 0 Å². The Morgan fingerprint density at radius 2 is 1.83 bits per heavy atom. The molecule has 3 nitrogen and oxygen atoms in total. The predicted octanol–water partition coefficient (Wildman–Crippen LogP) is 3.35. The number of rotatable bonds is 4. The third-order valence-corrected chi connectivity index (χ3v) is 3.41. The van der Waals surface area contributed by atoms with Gasteiger partial charge in [-0.2, -0.15) is 5.10 Å². The molecule has 1 atom stereocenters. The van der Waals surface area contributed by atoms with Crippen molar-refractivity contribution >= 4 is 17.4 Å². The molecule has 18 heavy (non-hydrogen) atoms. The van der Waals surface area contributed by atoms with Gasteiger partial charge in [0.05, 0.1) is 11.2 Å². The van der Waals surface area contributed by atoms with E-state index in [2.05, 4.69) is 34.6 Å². The van der Waals surface area contributed by atoms with Crippen LogP contribution in [0.25, 0.3) is 0 Å². The number of nitrogens with zero attached hydrogens (tertiary/aromatic N) is 2. The second-order valence-corrected chi connectivity index (χ2v) is 4.78. The van der Waals surface area contributed by atoms with Gasteiger partial charge in [-0.05, 0) is 31.5 Å². The fourth-order valence-corrected chi connectivity index (χ4v) is 1.96. The summed E-state index contributed by atoms with van der Waals surface area (Å²) in [5.41, 5.74) is 1.67. The Labute approximate surface area is 112 Å². The molecule has 0 saturated heterocycles. The van der Waals surface area contributed by atoms with Crippen LogP contribution >= 0.6 is 11.6 Å². The van der Waals surface area contributed by atoms with E-state index in [1.807, 2.05) is 37.3 Å². The van der Waals surface area contributed by atoms with Crippen molar-refractivity contribution in [2.75, 3.05) is 11.2 Å². The van der Waals surface area contributed by atoms with Crippen molar-refractivity contribution in [2.24, 2.45) is 0 Å². The zero-order chi connectivity index (χ0) is 13.0. The van der Waals surface area contributed by atoms with Crippen LogP contribution in [-0.2, 0) is 5.54 Å². The normalized spacial score (nSPS) is 13.9. The molecular formula is C14H16ClN3. The van der Waals surface area contributed by atoms with Crippen LogP contribution in [0.5, 0.6) is 0 Å². The van der Waals surface area contributed by atoms with E-state index in [-0.39, 0.29) is 5.54 Å². The van der Waals surface area contributed by atoms with Crippen molar-refractivity contribution in [3.63, 3.8) is 0 Å². The number of hydrogen-bond donors (Lipinski definition) is 1. The lowest BCUT2D eigenvalue weighted by molar-refractivity contribution is 0.611. The third-order valence-electron chi connectivity index (χ3n) is 2.88. The van der Waals surface area contributed by atoms with Gasteiger partial charge in [0.1, 0.15) is 5.82 Å². The van der Waals surface area contributed by atoms with Crippen molar-refractivity contribution in [1.29, 1.82) is 0 Å². The average molecular weight is 262 g/mol. The molecule has 0 spiro atoms. The van der Waals surface area contributed by atoms with Gasteiger partial charge in [-0.3, -0.25) is 0 Å². The minimum atomic E-state index is -0.354. The summed E-state index contributed by atoms with van der Waals surface area (Å²) in [6.07, 6.45) is 0. The summed E-state index contributed by atoms with van der Waals surface area (Å²) < 4.78 is 0. The number of nitrogens with one attached hydrogen (secondary N) is 1. The summed E-state index contributed by atoms with van der Waals surface area (Å²) in [5.74, 6) is 1.18. The maximum atomic E-state index is 6.11. The molecule has 1 N–H and O–H groups in total. The van der Waals surface area contributed by atoms with Crippen molar-refractivity contribution in [1.82, 2.24) is 10.2 Å². The van der Waals surface area contributed by atoms with E-state index in [1.165, 1.54) is 0 Å². The Kier molecular flexibility index (Phi) is 3.82. The maximum Gasteiger partial charge on any atom is 0.149 e. The van der Waals surface area contributed by atoms with Crippen LogP contribution in [0.15, 0.2) is 42.5 Å². The van der Waals surface area contributed by atoms with Gasteiger partial charge in [0, 0.05) is 5.88 Å². The van der Waals surface area contributed by atoms with Crippen LogP contribution in [0.2, 0.25) is 0 Å². The number of aromatic nitrogens is 2. The Bertz CT molecular complexity index is 498. The molecule has 0 saturated carbocycles. The number of hydrogen-bond acceptors (Lipinski definition) is 3. The predicted molar refractivity (Wildman–Crippen MR) is 74.9 cm³/mol. The van der Waals surface area contributed by atoms with Gasteiger partial charge in [0.25, 0.3) is 0 Å². The Morgan fingerprint density at radius 1 is 1.11 bits per heavy atom. The van der Waals surface area contributed by atoms with E-state index in [4.69, 9.17) is 11.6 Å². The van der Waals surface area contributed by atoms with Crippen molar-refractivity contribution in [3.05, 3.63) is 53.7 Å². The fraction of sp³-hybridized carbons (Fsp3) is 0.286. The van der Waals surface area contributed by atoms with Crippen LogP contribution < -0.4 is 5.32 Å². The van der Waals surface area contributed by atoms with Gasteiger partial charge in [0.15, 0.2) is 0 Å². The number of aryl methyl sites for hydroxylation is 1. The zero-order valence-corrected chi connectivity index (χ0v) is 11.3. The summed E-state index contributed by atoms with van der Waals surface area (Å²) in [6, 6.07) is 13.9. The minimum absolute atomic E-state index is 0.354. The van der Waals surface area contributed by atoms with Crippen LogP contribution in [0, 0.1) is 6.92 Å². The van der Waals surface area contributed by atoms with Gasteiger partial charge < -0.3 is 5.32 Å². The molecule has 0 aliphatic rings. The highest BCUT2D eigenvalue weighted by atomic mass is 35.5. The molecule has 94 valence electrons. The van der Waals surface area contributed by atoms with E-state index >= 15 is 0 Å². The summed E-state index contributed by atoms with van der Waals surface area (Å²) in [7, 11) is 0. The van der Waals surface area contributed by atoms with E-state index in [0.717, 1.165) is 17.1 Å². The van der Waals surface area contributed by atoms with Crippen LogP contribution in [0.1, 0.15) is 18.2 Å². The van der Waals surface area contributed by atoms with Crippen molar-refractivity contribution < 1.29 is 0 Å². The number of alkyl halides is 1. The molecule has 2 aromatic rings. The standard InChI is InChI=1S/C14H16ClN3/c1-11-8-9-13(18-17-11)16-14(2,10-15)12-6-4-3-5-7-12/h3-9H,10H2,1-2H3,(H,16,18). The average Bonchev–Trinajstić information content (AvgIpc) is 2.42. The van der Waals surface area contributed by atoms with Crippen molar-refractivity contribution in [2.45, 2.75) is 19.4 Å². The second kappa shape index (κ2) is 5.36. The first-order valence-electron chi connectivity index (χ1n) is 5.84. The summed E-state index contributed by atoms with van der Waals surface area (Å²) in [4.78, 5) is 0. The first-order valence-corrected chi connectivity index (χ1v) is 6.37. The molecule has 0 radical (unpaired) electrons. The third kappa shape index (κ3) is 2.79. The van der Waals surface area contributed by atoms with Gasteiger partial charge in [0.2, 0.25) is 0 Å². The molecule has 0 aliphatic carbocycles. The fourth-order valence-electron chi connectivity index (χ4n) is 1.74. The first-order chi connectivity index (χ1) is 8.64. The summed E-state index contributed by atoms with van der Waals surface area (Å²) in [6.45, 7) is 3.96. The summed E-state index contributed by atoms with van der Waals surface area (Å²) in [5, 5.41) is 11.5. The lowest BCUT2D eigenvalue weighted by atomic mass is 9.94. The lowest BCUT2D eigenvalue weighted by Gasteiger charge is -2.29. The molecule has 1 unspecified atom stereocenters. The number of anilines is 1. The largest absolute Gasteiger partial charge is 0.358 e. The zero-order valence-electron chi connectivity index (χ0n) is 10.5. The topological polar surface area (TPSA) is 37.8 Å². The highest BCUT2D eigenvalue weighted by Crippen LogP contribution is 2.26. The van der Waals surface area contributed by atoms with E-state index in [0.29, 0.717) is 5.88 Å². The van der Waals surface area contributed by atoms with Crippen LogP contribution in [0.4, 0.5) is 5.82 Å². The molecule has 1 aromatic heterocycles. The van der Waals surface area contributed by atoms with Crippen LogP contribution in [0.3, 0.4) is 0 Å². The molecular weight excluding hydrogens is 246 g/mol. The Balaban J connectivity index is 2.26. The molecule has 0 fully saturated rings.